The van der Waals surface area contributed by atoms with Gasteiger partial charge in [0.15, 0.2) is 28.6 Å². The summed E-state index contributed by atoms with van der Waals surface area (Å²) in [6, 6.07) is 0. The first-order chi connectivity index (χ1) is 18.0. The number of hydrogen-bond donors (Lipinski definition) is 2. The van der Waals surface area contributed by atoms with Gasteiger partial charge < -0.3 is 24.4 Å². The normalized spacial score (nSPS) is 11.0. The highest BCUT2D eigenvalue weighted by atomic mass is 16.5. The van der Waals surface area contributed by atoms with Gasteiger partial charge in [-0.25, -0.2) is 4.79 Å². The molecule has 37 heavy (non-hydrogen) atoms. The number of aromatic carboxylic acids is 1. The Labute approximate surface area is 226 Å². The Morgan fingerprint density at radius 2 is 1.00 bits per heavy atom. The van der Waals surface area contributed by atoms with Crippen molar-refractivity contribution in [2.24, 2.45) is 0 Å². The van der Waals surface area contributed by atoms with Crippen molar-refractivity contribution in [1.82, 2.24) is 0 Å². The summed E-state index contributed by atoms with van der Waals surface area (Å²) in [5.74, 6) is -0.751. The fraction of sp³-hybridized carbons (Fsp3) is 0.774. The van der Waals surface area contributed by atoms with Crippen LogP contribution in [0.1, 0.15) is 146 Å². The average Bonchev–Trinajstić information content (AvgIpc) is 2.88. The second kappa shape index (κ2) is 20.9. The van der Waals surface area contributed by atoms with Crippen LogP contribution in [0.3, 0.4) is 0 Å². The number of benzene rings is 1. The second-order valence-electron chi connectivity index (χ2n) is 10.0. The van der Waals surface area contributed by atoms with E-state index in [0.29, 0.717) is 32.0 Å². The molecule has 6 nitrogen and oxygen atoms in total. The van der Waals surface area contributed by atoms with E-state index in [1.165, 1.54) is 44.9 Å². The zero-order valence-corrected chi connectivity index (χ0v) is 24.2. The van der Waals surface area contributed by atoms with Crippen molar-refractivity contribution < 1.29 is 29.2 Å². The van der Waals surface area contributed by atoms with E-state index < -0.39 is 5.97 Å². The molecule has 0 saturated carbocycles. The maximum atomic E-state index is 12.3. The number of aromatic hydroxyl groups is 1. The van der Waals surface area contributed by atoms with Gasteiger partial charge in [-0.05, 0) is 32.1 Å². The summed E-state index contributed by atoms with van der Waals surface area (Å²) in [6.45, 7) is 9.87. The molecule has 0 unspecified atom stereocenters. The minimum Gasteiger partial charge on any atom is -0.504 e. The van der Waals surface area contributed by atoms with Gasteiger partial charge in [0, 0.05) is 5.56 Å². The van der Waals surface area contributed by atoms with Crippen molar-refractivity contribution in [2.75, 3.05) is 19.8 Å². The maximum absolute atomic E-state index is 12.3. The van der Waals surface area contributed by atoms with E-state index in [2.05, 4.69) is 27.7 Å². The second-order valence-corrected chi connectivity index (χ2v) is 10.0. The summed E-state index contributed by atoms with van der Waals surface area (Å²) in [7, 11) is 0. The van der Waals surface area contributed by atoms with Crippen LogP contribution in [0.5, 0.6) is 23.0 Å². The Balaban J connectivity index is 3.25. The lowest BCUT2D eigenvalue weighted by molar-refractivity contribution is 0.0686. The van der Waals surface area contributed by atoms with Gasteiger partial charge in [-0.15, -0.1) is 0 Å². The summed E-state index contributed by atoms with van der Waals surface area (Å²) in [5.41, 5.74) is 0.472. The Morgan fingerprint density at radius 1 is 0.568 bits per heavy atom. The zero-order valence-electron chi connectivity index (χ0n) is 24.2. The third-order valence-corrected chi connectivity index (χ3v) is 6.66. The molecular formula is C31H54O6. The Bertz CT molecular complexity index is 746. The predicted molar refractivity (Wildman–Crippen MR) is 152 cm³/mol. The molecule has 0 aromatic heterocycles. The van der Waals surface area contributed by atoms with Crippen LogP contribution in [0, 0.1) is 0 Å². The van der Waals surface area contributed by atoms with Crippen molar-refractivity contribution in [3.05, 3.63) is 11.1 Å². The van der Waals surface area contributed by atoms with Crippen LogP contribution >= 0.6 is 0 Å². The van der Waals surface area contributed by atoms with Crippen LogP contribution in [0.25, 0.3) is 0 Å². The van der Waals surface area contributed by atoms with Gasteiger partial charge in [-0.3, -0.25) is 0 Å². The molecule has 0 aliphatic heterocycles. The lowest BCUT2D eigenvalue weighted by Gasteiger charge is -2.23. The monoisotopic (exact) mass is 522 g/mol. The summed E-state index contributed by atoms with van der Waals surface area (Å²) in [5, 5.41) is 21.2. The molecule has 1 aromatic carbocycles. The van der Waals surface area contributed by atoms with Crippen molar-refractivity contribution in [3.8, 4) is 23.0 Å². The first kappa shape index (κ1) is 32.9. The topological polar surface area (TPSA) is 85.2 Å². The molecule has 0 saturated heterocycles. The van der Waals surface area contributed by atoms with Crippen LogP contribution in [-0.4, -0.2) is 36.0 Å². The molecule has 0 heterocycles. The highest BCUT2D eigenvalue weighted by molar-refractivity contribution is 5.97. The largest absolute Gasteiger partial charge is 0.504 e. The third kappa shape index (κ3) is 12.3. The van der Waals surface area contributed by atoms with Crippen LogP contribution < -0.4 is 14.2 Å². The Kier molecular flexibility index (Phi) is 18.6. The summed E-state index contributed by atoms with van der Waals surface area (Å²) in [6.07, 6.45) is 17.7. The molecule has 2 N–H and O–H groups in total. The summed E-state index contributed by atoms with van der Waals surface area (Å²) >= 11 is 0. The predicted octanol–water partition coefficient (Wildman–Crippen LogP) is 9.09. The van der Waals surface area contributed by atoms with Gasteiger partial charge in [-0.2, -0.15) is 0 Å². The standard InChI is InChI=1S/C31H54O6/c1-5-9-13-15-17-19-23-36-29-25(21-11-7-3)28(35-22-12-8-4)27(32)26(31(33)34)30(29)37-24-20-18-16-14-10-6-2/h32H,5-24H2,1-4H3,(H,33,34). The molecule has 1 aromatic rings. The SMILES string of the molecule is CCCCCCCCOc1c(CCCC)c(OCCCC)c(O)c(C(=O)O)c1OCCCCCCCC. The van der Waals surface area contributed by atoms with Gasteiger partial charge in [-0.1, -0.05) is 105 Å². The number of unbranched alkanes of at least 4 members (excludes halogenated alkanes) is 12. The maximum Gasteiger partial charge on any atom is 0.343 e. The molecule has 1 rings (SSSR count). The van der Waals surface area contributed by atoms with E-state index in [-0.39, 0.29) is 22.8 Å². The van der Waals surface area contributed by atoms with Crippen LogP contribution in [-0.2, 0) is 6.42 Å². The van der Waals surface area contributed by atoms with Gasteiger partial charge in [0.05, 0.1) is 19.8 Å². The number of hydrogen-bond acceptors (Lipinski definition) is 5. The number of carboxylic acid groups (broad SMARTS) is 1. The zero-order chi connectivity index (χ0) is 27.3. The highest BCUT2D eigenvalue weighted by Crippen LogP contribution is 2.49. The average molecular weight is 523 g/mol. The molecule has 0 aliphatic carbocycles. The van der Waals surface area contributed by atoms with Crippen molar-refractivity contribution in [1.29, 1.82) is 0 Å². The lowest BCUT2D eigenvalue weighted by Crippen LogP contribution is -2.13. The molecule has 0 radical (unpaired) electrons. The number of carboxylic acids is 1. The lowest BCUT2D eigenvalue weighted by atomic mass is 10.00. The number of carbonyl (C=O) groups is 1. The molecule has 0 amide bonds. The van der Waals surface area contributed by atoms with E-state index in [4.69, 9.17) is 14.2 Å². The van der Waals surface area contributed by atoms with Crippen molar-refractivity contribution in [2.45, 2.75) is 137 Å². The quantitative estimate of drug-likeness (QED) is 0.132. The first-order valence-corrected chi connectivity index (χ1v) is 15.1. The molecule has 214 valence electrons. The van der Waals surface area contributed by atoms with E-state index >= 15 is 0 Å². The molecule has 0 aliphatic rings. The minimum absolute atomic E-state index is 0.151. The van der Waals surface area contributed by atoms with E-state index in [1.54, 1.807) is 0 Å². The Morgan fingerprint density at radius 3 is 1.51 bits per heavy atom. The van der Waals surface area contributed by atoms with Gasteiger partial charge in [0.1, 0.15) is 0 Å². The highest BCUT2D eigenvalue weighted by Gasteiger charge is 2.31. The fourth-order valence-corrected chi connectivity index (χ4v) is 4.37. The molecule has 0 spiro atoms. The van der Waals surface area contributed by atoms with Gasteiger partial charge in [0.25, 0.3) is 0 Å². The van der Waals surface area contributed by atoms with Crippen LogP contribution in [0.4, 0.5) is 0 Å². The minimum atomic E-state index is -1.23. The van der Waals surface area contributed by atoms with Crippen LogP contribution in [0.2, 0.25) is 0 Å². The molecule has 0 atom stereocenters. The van der Waals surface area contributed by atoms with E-state index in [0.717, 1.165) is 63.4 Å². The Hall–Kier alpha value is -2.11. The van der Waals surface area contributed by atoms with E-state index in [9.17, 15) is 15.0 Å². The van der Waals surface area contributed by atoms with Gasteiger partial charge in [0.2, 0.25) is 0 Å². The smallest absolute Gasteiger partial charge is 0.343 e. The fourth-order valence-electron chi connectivity index (χ4n) is 4.37. The molecule has 0 bridgehead atoms. The number of ether oxygens (including phenoxy) is 3. The third-order valence-electron chi connectivity index (χ3n) is 6.66. The van der Waals surface area contributed by atoms with Crippen molar-refractivity contribution in [3.63, 3.8) is 0 Å². The van der Waals surface area contributed by atoms with Gasteiger partial charge >= 0.3 is 5.97 Å². The number of phenols is 1. The molecule has 0 fully saturated rings. The summed E-state index contributed by atoms with van der Waals surface area (Å²) in [4.78, 5) is 12.3. The summed E-state index contributed by atoms with van der Waals surface area (Å²) < 4.78 is 18.4. The molecular weight excluding hydrogens is 468 g/mol. The first-order valence-electron chi connectivity index (χ1n) is 15.1. The van der Waals surface area contributed by atoms with E-state index in [1.807, 2.05) is 0 Å². The number of rotatable bonds is 24. The van der Waals surface area contributed by atoms with Crippen LogP contribution in [0.15, 0.2) is 0 Å². The molecule has 6 heteroatoms. The van der Waals surface area contributed by atoms with Crippen molar-refractivity contribution >= 4 is 5.97 Å².